The Morgan fingerprint density at radius 3 is 2.25 bits per heavy atom. The lowest BCUT2D eigenvalue weighted by Gasteiger charge is -2.24. The molecule has 0 heterocycles. The topological polar surface area (TPSA) is 88.1 Å². The van der Waals surface area contributed by atoms with Crippen molar-refractivity contribution in [3.05, 3.63) is 53.0 Å². The summed E-state index contributed by atoms with van der Waals surface area (Å²) in [6.07, 6.45) is 6.18. The van der Waals surface area contributed by atoms with E-state index in [1.54, 1.807) is 36.4 Å². The molecule has 2 aromatic rings. The Hall–Kier alpha value is -2.39. The molecule has 1 fully saturated rings. The summed E-state index contributed by atoms with van der Waals surface area (Å²) in [5, 5.41) is 4.26. The van der Waals surface area contributed by atoms with Crippen molar-refractivity contribution in [1.29, 1.82) is 0 Å². The first-order valence-electron chi connectivity index (χ1n) is 10.8. The van der Waals surface area contributed by atoms with Gasteiger partial charge in [-0.05, 0) is 81.1 Å². The lowest BCUT2D eigenvalue weighted by atomic mass is 10.2. The van der Waals surface area contributed by atoms with Gasteiger partial charge in [0.05, 0.1) is 17.2 Å². The molecule has 1 saturated carbocycles. The van der Waals surface area contributed by atoms with Crippen molar-refractivity contribution in [3.63, 3.8) is 0 Å². The van der Waals surface area contributed by atoms with E-state index in [0.29, 0.717) is 18.0 Å². The number of benzene rings is 2. The van der Waals surface area contributed by atoms with E-state index >= 15 is 0 Å². The van der Waals surface area contributed by atoms with Gasteiger partial charge in [-0.2, -0.15) is 5.10 Å². The monoisotopic (exact) mass is 521 g/mol. The van der Waals surface area contributed by atoms with Gasteiger partial charge in [0.1, 0.15) is 12.3 Å². The summed E-state index contributed by atoms with van der Waals surface area (Å²) in [7, 11) is -3.98. The number of amides is 1. The maximum absolute atomic E-state index is 13.4. The Labute approximate surface area is 198 Å². The van der Waals surface area contributed by atoms with Crippen molar-refractivity contribution in [3.8, 4) is 5.75 Å². The van der Waals surface area contributed by atoms with E-state index in [4.69, 9.17) is 4.74 Å². The molecule has 0 unspecified atom stereocenters. The van der Waals surface area contributed by atoms with Gasteiger partial charge in [-0.3, -0.25) is 9.10 Å². The van der Waals surface area contributed by atoms with Crippen molar-refractivity contribution in [2.45, 2.75) is 50.3 Å². The van der Waals surface area contributed by atoms with Gasteiger partial charge in [0.2, 0.25) is 0 Å². The highest BCUT2D eigenvalue weighted by molar-refractivity contribution is 9.10. The first kappa shape index (κ1) is 24.3. The minimum absolute atomic E-state index is 0.0949. The molecule has 9 heteroatoms. The van der Waals surface area contributed by atoms with E-state index in [2.05, 4.69) is 26.5 Å². The van der Waals surface area contributed by atoms with Crippen LogP contribution in [0.1, 0.15) is 45.4 Å². The second kappa shape index (κ2) is 11.5. The second-order valence-corrected chi connectivity index (χ2v) is 10.3. The molecule has 0 atom stereocenters. The van der Waals surface area contributed by atoms with Crippen LogP contribution in [0.15, 0.2) is 63.0 Å². The summed E-state index contributed by atoms with van der Waals surface area (Å²) in [5.41, 5.74) is 3.88. The minimum Gasteiger partial charge on any atom is -0.494 e. The number of halogens is 1. The highest BCUT2D eigenvalue weighted by atomic mass is 79.9. The number of nitrogens with one attached hydrogen (secondary N) is 1. The van der Waals surface area contributed by atoms with Crippen LogP contribution in [0.4, 0.5) is 5.69 Å². The maximum Gasteiger partial charge on any atom is 0.264 e. The van der Waals surface area contributed by atoms with Crippen molar-refractivity contribution in [2.75, 3.05) is 17.5 Å². The largest absolute Gasteiger partial charge is 0.494 e. The summed E-state index contributed by atoms with van der Waals surface area (Å²) >= 11 is 3.32. The van der Waals surface area contributed by atoms with Crippen LogP contribution in [0.3, 0.4) is 0 Å². The zero-order valence-corrected chi connectivity index (χ0v) is 20.5. The van der Waals surface area contributed by atoms with E-state index in [-0.39, 0.29) is 11.4 Å². The number of ether oxygens (including phenoxy) is 1. The SMILES string of the molecule is CCOc1ccc(N(CC(=O)NN=C2CCCCCC2)S(=O)(=O)c2ccc(Br)cc2)cc1. The van der Waals surface area contributed by atoms with Crippen molar-refractivity contribution in [1.82, 2.24) is 5.43 Å². The van der Waals surface area contributed by atoms with Gasteiger partial charge in [0.25, 0.3) is 15.9 Å². The minimum atomic E-state index is -3.98. The lowest BCUT2D eigenvalue weighted by molar-refractivity contribution is -0.119. The van der Waals surface area contributed by atoms with Gasteiger partial charge in [-0.25, -0.2) is 13.8 Å². The molecular weight excluding hydrogens is 494 g/mol. The van der Waals surface area contributed by atoms with Crippen LogP contribution in [-0.4, -0.2) is 33.2 Å². The van der Waals surface area contributed by atoms with Crippen LogP contribution in [0.25, 0.3) is 0 Å². The van der Waals surface area contributed by atoms with Crippen LogP contribution >= 0.6 is 15.9 Å². The summed E-state index contributed by atoms with van der Waals surface area (Å²) < 4.78 is 34.1. The molecule has 1 aliphatic rings. The van der Waals surface area contributed by atoms with Gasteiger partial charge < -0.3 is 4.74 Å². The molecule has 0 spiro atoms. The van der Waals surface area contributed by atoms with Crippen LogP contribution in [-0.2, 0) is 14.8 Å². The van der Waals surface area contributed by atoms with Gasteiger partial charge in [-0.15, -0.1) is 0 Å². The molecule has 1 N–H and O–H groups in total. The number of hydrazone groups is 1. The summed E-state index contributed by atoms with van der Waals surface area (Å²) in [6, 6.07) is 13.0. The fraction of sp³-hybridized carbons (Fsp3) is 0.391. The molecule has 1 amide bonds. The number of nitrogens with zero attached hydrogens (tertiary/aromatic N) is 2. The lowest BCUT2D eigenvalue weighted by Crippen LogP contribution is -2.39. The summed E-state index contributed by atoms with van der Waals surface area (Å²) in [4.78, 5) is 12.8. The van der Waals surface area contributed by atoms with Crippen LogP contribution in [0.5, 0.6) is 5.75 Å². The fourth-order valence-electron chi connectivity index (χ4n) is 3.48. The number of hydrogen-bond donors (Lipinski definition) is 1. The van der Waals surface area contributed by atoms with Crippen LogP contribution in [0.2, 0.25) is 0 Å². The molecular formula is C23H28BrN3O4S. The molecule has 0 saturated heterocycles. The predicted molar refractivity (Wildman–Crippen MR) is 130 cm³/mol. The van der Waals surface area contributed by atoms with E-state index in [1.807, 2.05) is 6.92 Å². The van der Waals surface area contributed by atoms with Gasteiger partial charge in [-0.1, -0.05) is 28.8 Å². The molecule has 0 aliphatic heterocycles. The van der Waals surface area contributed by atoms with Crippen molar-refractivity contribution >= 4 is 43.3 Å². The number of carbonyl (C=O) groups excluding carboxylic acids is 1. The first-order chi connectivity index (χ1) is 15.4. The first-order valence-corrected chi connectivity index (χ1v) is 13.0. The quantitative estimate of drug-likeness (QED) is 0.396. The molecule has 0 aromatic heterocycles. The van der Waals surface area contributed by atoms with Gasteiger partial charge in [0, 0.05) is 10.2 Å². The summed E-state index contributed by atoms with van der Waals surface area (Å²) in [5.74, 6) is 0.137. The smallest absolute Gasteiger partial charge is 0.264 e. The van der Waals surface area contributed by atoms with Crippen molar-refractivity contribution in [2.24, 2.45) is 5.10 Å². The molecule has 3 rings (SSSR count). The molecule has 32 heavy (non-hydrogen) atoms. The maximum atomic E-state index is 13.4. The average molecular weight is 522 g/mol. The van der Waals surface area contributed by atoms with E-state index in [1.165, 1.54) is 25.0 Å². The molecule has 1 aliphatic carbocycles. The number of rotatable bonds is 8. The Kier molecular flexibility index (Phi) is 8.69. The predicted octanol–water partition coefficient (Wildman–Crippen LogP) is 4.87. The van der Waals surface area contributed by atoms with E-state index in [9.17, 15) is 13.2 Å². The summed E-state index contributed by atoms with van der Waals surface area (Å²) in [6.45, 7) is 1.99. The Bertz CT molecular complexity index is 1030. The van der Waals surface area contributed by atoms with Gasteiger partial charge in [0.15, 0.2) is 0 Å². The molecule has 2 aromatic carbocycles. The molecule has 0 radical (unpaired) electrons. The Balaban J connectivity index is 1.85. The normalized spacial score (nSPS) is 14.4. The zero-order valence-electron chi connectivity index (χ0n) is 18.1. The molecule has 172 valence electrons. The third-order valence-corrected chi connectivity index (χ3v) is 7.46. The van der Waals surface area contributed by atoms with Crippen molar-refractivity contribution < 1.29 is 17.9 Å². The number of hydrogen-bond acceptors (Lipinski definition) is 5. The Morgan fingerprint density at radius 2 is 1.66 bits per heavy atom. The third-order valence-electron chi connectivity index (χ3n) is 5.14. The zero-order chi connectivity index (χ0) is 23.0. The highest BCUT2D eigenvalue weighted by Crippen LogP contribution is 2.26. The van der Waals surface area contributed by atoms with Gasteiger partial charge >= 0.3 is 0 Å². The number of sulfonamides is 1. The molecule has 0 bridgehead atoms. The highest BCUT2D eigenvalue weighted by Gasteiger charge is 2.27. The van der Waals surface area contributed by atoms with E-state index in [0.717, 1.165) is 40.2 Å². The number of anilines is 1. The Morgan fingerprint density at radius 1 is 1.03 bits per heavy atom. The van der Waals surface area contributed by atoms with E-state index < -0.39 is 15.9 Å². The fourth-order valence-corrected chi connectivity index (χ4v) is 5.17. The molecule has 7 nitrogen and oxygen atoms in total. The van der Waals surface area contributed by atoms with Crippen LogP contribution in [0, 0.1) is 0 Å². The third kappa shape index (κ3) is 6.56. The van der Waals surface area contributed by atoms with Crippen LogP contribution < -0.4 is 14.5 Å². The standard InChI is InChI=1S/C23H28BrN3O4S/c1-2-31-21-13-11-20(12-14-21)27(32(29,30)22-15-9-18(24)10-16-22)17-23(28)26-25-19-7-5-3-4-6-8-19/h9-16H,2-8,17H2,1H3,(H,26,28). The second-order valence-electron chi connectivity index (χ2n) is 7.52. The number of carbonyl (C=O) groups is 1. The average Bonchev–Trinajstić information content (AvgIpc) is 3.06.